The van der Waals surface area contributed by atoms with Crippen molar-refractivity contribution in [3.8, 4) is 0 Å². The molecule has 3 saturated heterocycles. The van der Waals surface area contributed by atoms with Gasteiger partial charge in [0, 0.05) is 12.7 Å². The molecule has 4 rings (SSSR count). The monoisotopic (exact) mass is 443 g/mol. The van der Waals surface area contributed by atoms with Crippen molar-refractivity contribution in [3.05, 3.63) is 29.3 Å². The molecule has 1 spiro atoms. The summed E-state index contributed by atoms with van der Waals surface area (Å²) in [5.41, 5.74) is 1.49. The number of fused-ring (bicyclic) bond motifs is 1. The average Bonchev–Trinajstić information content (AvgIpc) is 3.38. The summed E-state index contributed by atoms with van der Waals surface area (Å²) in [6.45, 7) is 7.40. The molecule has 0 aliphatic carbocycles. The maximum Gasteiger partial charge on any atom is 0.250 e. The lowest BCUT2D eigenvalue weighted by Crippen LogP contribution is -2.57. The second-order valence-corrected chi connectivity index (χ2v) is 9.67. The molecule has 6 atom stereocenters. The summed E-state index contributed by atoms with van der Waals surface area (Å²) >= 11 is 0. The summed E-state index contributed by atoms with van der Waals surface area (Å²) < 4.78 is 6.36. The first-order valence-corrected chi connectivity index (χ1v) is 11.4. The zero-order chi connectivity index (χ0) is 23.4. The largest absolute Gasteiger partial charge is 0.394 e. The lowest BCUT2D eigenvalue weighted by molar-refractivity contribution is -0.145. The fourth-order valence-electron chi connectivity index (χ4n) is 6.04. The average molecular weight is 444 g/mol. The molecule has 0 radical (unpaired) electrons. The summed E-state index contributed by atoms with van der Waals surface area (Å²) in [6.07, 6.45) is 0.765. The number of aliphatic hydroxyl groups is 1. The van der Waals surface area contributed by atoms with Crippen LogP contribution < -0.4 is 10.6 Å². The number of amides is 3. The first-order valence-electron chi connectivity index (χ1n) is 11.4. The Morgan fingerprint density at radius 3 is 2.47 bits per heavy atom. The van der Waals surface area contributed by atoms with Crippen molar-refractivity contribution in [1.82, 2.24) is 10.2 Å². The van der Waals surface area contributed by atoms with Crippen LogP contribution in [0.5, 0.6) is 0 Å². The van der Waals surface area contributed by atoms with Gasteiger partial charge in [-0.3, -0.25) is 14.4 Å². The minimum atomic E-state index is -1.07. The van der Waals surface area contributed by atoms with E-state index in [-0.39, 0.29) is 36.4 Å². The predicted octanol–water partition coefficient (Wildman–Crippen LogP) is 1.38. The van der Waals surface area contributed by atoms with Gasteiger partial charge in [-0.05, 0) is 43.7 Å². The number of rotatable bonds is 6. The Labute approximate surface area is 188 Å². The molecule has 1 aromatic rings. The molecule has 2 bridgehead atoms. The highest BCUT2D eigenvalue weighted by atomic mass is 16.5. The highest BCUT2D eigenvalue weighted by Gasteiger charge is 2.75. The van der Waals surface area contributed by atoms with Gasteiger partial charge in [0.1, 0.15) is 11.6 Å². The lowest BCUT2D eigenvalue weighted by Gasteiger charge is -2.38. The van der Waals surface area contributed by atoms with Crippen molar-refractivity contribution in [3.63, 3.8) is 0 Å². The van der Waals surface area contributed by atoms with Gasteiger partial charge in [-0.1, -0.05) is 32.0 Å². The summed E-state index contributed by atoms with van der Waals surface area (Å²) in [5, 5.41) is 15.9. The van der Waals surface area contributed by atoms with E-state index in [1.54, 1.807) is 7.05 Å². The molecule has 3 heterocycles. The summed E-state index contributed by atoms with van der Waals surface area (Å²) in [6, 6.07) is 4.30. The van der Waals surface area contributed by atoms with Gasteiger partial charge in [0.25, 0.3) is 0 Å². The van der Waals surface area contributed by atoms with Crippen molar-refractivity contribution in [2.24, 2.45) is 17.8 Å². The van der Waals surface area contributed by atoms with Crippen LogP contribution in [0.1, 0.15) is 37.8 Å². The Morgan fingerprint density at radius 1 is 1.25 bits per heavy atom. The number of likely N-dealkylation sites (tertiary alicyclic amines) is 1. The van der Waals surface area contributed by atoms with E-state index in [2.05, 4.69) is 10.6 Å². The Bertz CT molecular complexity index is 927. The number of carbonyl (C=O) groups excluding carboxylic acids is 3. The number of nitrogens with zero attached hydrogens (tertiary/aromatic N) is 1. The zero-order valence-electron chi connectivity index (χ0n) is 19.3. The fraction of sp³-hybridized carbons (Fsp3) is 0.625. The van der Waals surface area contributed by atoms with Crippen LogP contribution in [-0.2, 0) is 19.1 Å². The predicted molar refractivity (Wildman–Crippen MR) is 119 cm³/mol. The summed E-state index contributed by atoms with van der Waals surface area (Å²) in [7, 11) is 1.55. The number of carbonyl (C=O) groups is 3. The van der Waals surface area contributed by atoms with E-state index in [1.807, 2.05) is 45.9 Å². The van der Waals surface area contributed by atoms with E-state index in [9.17, 15) is 19.5 Å². The molecular formula is C24H33N3O5. The molecule has 3 aliphatic heterocycles. The van der Waals surface area contributed by atoms with Crippen molar-refractivity contribution in [2.75, 3.05) is 19.0 Å². The van der Waals surface area contributed by atoms with E-state index in [0.717, 1.165) is 11.1 Å². The molecule has 174 valence electrons. The minimum Gasteiger partial charge on any atom is -0.394 e. The highest BCUT2D eigenvalue weighted by Crippen LogP contribution is 2.59. The molecule has 3 N–H and O–H groups in total. The van der Waals surface area contributed by atoms with E-state index in [1.165, 1.54) is 4.90 Å². The van der Waals surface area contributed by atoms with Gasteiger partial charge in [0.05, 0.1) is 30.6 Å². The smallest absolute Gasteiger partial charge is 0.250 e. The number of aliphatic hydroxyl groups excluding tert-OH is 1. The second-order valence-electron chi connectivity index (χ2n) is 9.67. The molecule has 3 fully saturated rings. The third-order valence-corrected chi connectivity index (χ3v) is 7.58. The number of nitrogens with one attached hydrogen (secondary N) is 2. The molecule has 3 amide bonds. The van der Waals surface area contributed by atoms with Crippen LogP contribution in [0.2, 0.25) is 0 Å². The quantitative estimate of drug-likeness (QED) is 0.616. The molecule has 2 unspecified atom stereocenters. The van der Waals surface area contributed by atoms with Gasteiger partial charge in [-0.15, -0.1) is 0 Å². The summed E-state index contributed by atoms with van der Waals surface area (Å²) in [5.74, 6) is -2.30. The number of hydrogen-bond donors (Lipinski definition) is 3. The molecule has 8 nitrogen and oxygen atoms in total. The zero-order valence-corrected chi connectivity index (χ0v) is 19.3. The van der Waals surface area contributed by atoms with Crippen LogP contribution in [-0.4, -0.2) is 65.2 Å². The summed E-state index contributed by atoms with van der Waals surface area (Å²) in [4.78, 5) is 41.8. The minimum absolute atomic E-state index is 0.0784. The Balaban J connectivity index is 1.79. The standard InChI is InChI=1S/C24H33N3O5/c1-12(2)15(11-28)27-20(22(30)26-19-13(3)7-6-8-14(19)4)24-10-9-16(32-24)17(21(29)25-5)18(24)23(27)31/h6-8,12,15-18,20,28H,9-11H2,1-5H3,(H,25,29)(H,26,30)/t15-,16-,17+,18-,20?,24?/m0/s1. The first kappa shape index (κ1) is 22.7. The molecule has 0 aromatic heterocycles. The van der Waals surface area contributed by atoms with Crippen molar-refractivity contribution in [2.45, 2.75) is 64.3 Å². The van der Waals surface area contributed by atoms with Crippen molar-refractivity contribution >= 4 is 23.4 Å². The third-order valence-electron chi connectivity index (χ3n) is 7.58. The Morgan fingerprint density at radius 2 is 1.91 bits per heavy atom. The molecule has 1 aromatic carbocycles. The van der Waals surface area contributed by atoms with E-state index in [4.69, 9.17) is 4.74 Å². The van der Waals surface area contributed by atoms with Gasteiger partial charge in [0.2, 0.25) is 17.7 Å². The van der Waals surface area contributed by atoms with Crippen molar-refractivity contribution in [1.29, 1.82) is 0 Å². The number of para-hydroxylation sites is 1. The Hall–Kier alpha value is -2.45. The molecule has 3 aliphatic rings. The number of aryl methyl sites for hydroxylation is 2. The normalized spacial score (nSPS) is 31.7. The van der Waals surface area contributed by atoms with Gasteiger partial charge < -0.3 is 25.4 Å². The van der Waals surface area contributed by atoms with E-state index < -0.39 is 29.5 Å². The van der Waals surface area contributed by atoms with Crippen LogP contribution in [0.15, 0.2) is 18.2 Å². The van der Waals surface area contributed by atoms with E-state index >= 15 is 0 Å². The number of anilines is 1. The van der Waals surface area contributed by atoms with E-state index in [0.29, 0.717) is 18.5 Å². The fourth-order valence-corrected chi connectivity index (χ4v) is 6.04. The maximum absolute atomic E-state index is 13.8. The molecule has 32 heavy (non-hydrogen) atoms. The van der Waals surface area contributed by atoms with Crippen molar-refractivity contribution < 1.29 is 24.2 Å². The van der Waals surface area contributed by atoms with Crippen LogP contribution >= 0.6 is 0 Å². The first-order chi connectivity index (χ1) is 15.2. The number of ether oxygens (including phenoxy) is 1. The van der Waals surface area contributed by atoms with Gasteiger partial charge in [0.15, 0.2) is 0 Å². The Kier molecular flexibility index (Phi) is 5.79. The van der Waals surface area contributed by atoms with Gasteiger partial charge in [-0.2, -0.15) is 0 Å². The highest BCUT2D eigenvalue weighted by molar-refractivity contribution is 6.04. The van der Waals surface area contributed by atoms with Crippen LogP contribution in [0.4, 0.5) is 5.69 Å². The van der Waals surface area contributed by atoms with Crippen LogP contribution in [0.25, 0.3) is 0 Å². The topological polar surface area (TPSA) is 108 Å². The molecule has 8 heteroatoms. The van der Waals surface area contributed by atoms with Crippen LogP contribution in [0, 0.1) is 31.6 Å². The van der Waals surface area contributed by atoms with Gasteiger partial charge in [-0.25, -0.2) is 0 Å². The second kappa shape index (κ2) is 8.15. The number of benzene rings is 1. The maximum atomic E-state index is 13.8. The molecular weight excluding hydrogens is 410 g/mol. The third kappa shape index (κ3) is 3.15. The number of hydrogen-bond acceptors (Lipinski definition) is 5. The SMILES string of the molecule is CNC(=O)[C@@H]1[C@@H]2CCC3(O2)C(C(=O)Nc2c(C)cccc2C)N([C@@H](CO)C(C)C)C(=O)[C@H]13. The van der Waals surface area contributed by atoms with Crippen LogP contribution in [0.3, 0.4) is 0 Å². The lowest BCUT2D eigenvalue weighted by atomic mass is 9.70. The molecule has 0 saturated carbocycles. The van der Waals surface area contributed by atoms with Gasteiger partial charge >= 0.3 is 0 Å².